The van der Waals surface area contributed by atoms with Crippen LogP contribution in [0.2, 0.25) is 0 Å². The van der Waals surface area contributed by atoms with Gasteiger partial charge in [0.15, 0.2) is 0 Å². The molecule has 0 aromatic rings. The smallest absolute Gasteiger partial charge is 0.407 e. The molecule has 5 nitrogen and oxygen atoms in total. The molecule has 2 atom stereocenters. The van der Waals surface area contributed by atoms with Crippen LogP contribution in [0.4, 0.5) is 4.79 Å². The van der Waals surface area contributed by atoms with Crippen molar-refractivity contribution in [2.24, 2.45) is 11.8 Å². The van der Waals surface area contributed by atoms with Gasteiger partial charge in [0.25, 0.3) is 0 Å². The summed E-state index contributed by atoms with van der Waals surface area (Å²) in [5.41, 5.74) is -0.500. The Kier molecular flexibility index (Phi) is 17.2. The minimum absolute atomic E-state index is 0.0684. The Morgan fingerprint density at radius 2 is 1.12 bits per heavy atom. The first-order valence-corrected chi connectivity index (χ1v) is 14.5. The van der Waals surface area contributed by atoms with Gasteiger partial charge in [0, 0.05) is 19.5 Å². The summed E-state index contributed by atoms with van der Waals surface area (Å²) in [7, 11) is 0. The van der Waals surface area contributed by atoms with E-state index in [1.165, 1.54) is 96.3 Å². The number of unbranched alkanes of at least 4 members (excludes halogenated alkanes) is 14. The van der Waals surface area contributed by atoms with Gasteiger partial charge in [0.1, 0.15) is 5.60 Å². The number of carbonyl (C=O) groups is 2. The number of carbonyl (C=O) groups excluding carboxylic acids is 2. The highest BCUT2D eigenvalue weighted by atomic mass is 16.6. The minimum atomic E-state index is -0.500. The van der Waals surface area contributed by atoms with Crippen molar-refractivity contribution < 1.29 is 14.3 Å². The molecule has 200 valence electrons. The lowest BCUT2D eigenvalue weighted by molar-refractivity contribution is -0.121. The lowest BCUT2D eigenvalue weighted by Gasteiger charge is -2.19. The van der Waals surface area contributed by atoms with E-state index in [4.69, 9.17) is 4.74 Å². The second kappa shape index (κ2) is 19.0. The highest BCUT2D eigenvalue weighted by Crippen LogP contribution is 2.41. The van der Waals surface area contributed by atoms with Crippen molar-refractivity contribution in [3.05, 3.63) is 0 Å². The van der Waals surface area contributed by atoms with E-state index >= 15 is 0 Å². The number of nitrogens with one attached hydrogen (secondary N) is 2. The maximum atomic E-state index is 11.8. The van der Waals surface area contributed by atoms with Gasteiger partial charge in [0.05, 0.1) is 0 Å². The molecule has 0 bridgehead atoms. The Morgan fingerprint density at radius 1 is 0.706 bits per heavy atom. The monoisotopic (exact) mass is 480 g/mol. The summed E-state index contributed by atoms with van der Waals surface area (Å²) >= 11 is 0. The van der Waals surface area contributed by atoms with Crippen LogP contribution in [-0.4, -0.2) is 30.7 Å². The quantitative estimate of drug-likeness (QED) is 0.164. The van der Waals surface area contributed by atoms with Gasteiger partial charge in [-0.2, -0.15) is 0 Å². The Balaban J connectivity index is 1.71. The first-order chi connectivity index (χ1) is 16.3. The van der Waals surface area contributed by atoms with E-state index in [1.54, 1.807) is 0 Å². The first-order valence-electron chi connectivity index (χ1n) is 14.5. The topological polar surface area (TPSA) is 67.4 Å². The molecule has 1 fully saturated rings. The summed E-state index contributed by atoms with van der Waals surface area (Å²) in [5, 5.41) is 5.50. The molecule has 5 heteroatoms. The van der Waals surface area contributed by atoms with E-state index in [1.807, 2.05) is 20.8 Å². The highest BCUT2D eigenvalue weighted by molar-refractivity contribution is 5.75. The third kappa shape index (κ3) is 20.1. The van der Waals surface area contributed by atoms with E-state index in [-0.39, 0.29) is 5.91 Å². The van der Waals surface area contributed by atoms with E-state index in [0.29, 0.717) is 19.5 Å². The molecule has 1 aliphatic carbocycles. The van der Waals surface area contributed by atoms with Gasteiger partial charge in [-0.05, 0) is 45.4 Å². The zero-order chi connectivity index (χ0) is 25.1. The van der Waals surface area contributed by atoms with Gasteiger partial charge < -0.3 is 15.4 Å². The summed E-state index contributed by atoms with van der Waals surface area (Å²) in [6, 6.07) is 0. The molecule has 2 amide bonds. The summed E-state index contributed by atoms with van der Waals surface area (Å²) in [6.07, 6.45) is 23.3. The van der Waals surface area contributed by atoms with Crippen LogP contribution in [0, 0.1) is 11.8 Å². The van der Waals surface area contributed by atoms with Gasteiger partial charge in [-0.1, -0.05) is 103 Å². The van der Waals surface area contributed by atoms with Crippen LogP contribution in [0.15, 0.2) is 0 Å². The molecule has 0 saturated heterocycles. The molecule has 1 rings (SSSR count). The zero-order valence-corrected chi connectivity index (χ0v) is 23.0. The van der Waals surface area contributed by atoms with Gasteiger partial charge in [0.2, 0.25) is 5.91 Å². The fourth-order valence-corrected chi connectivity index (χ4v) is 4.56. The van der Waals surface area contributed by atoms with E-state index in [2.05, 4.69) is 17.6 Å². The Morgan fingerprint density at radius 3 is 1.56 bits per heavy atom. The Hall–Kier alpha value is -1.26. The third-order valence-corrected chi connectivity index (χ3v) is 6.87. The zero-order valence-electron chi connectivity index (χ0n) is 23.0. The molecule has 0 spiro atoms. The third-order valence-electron chi connectivity index (χ3n) is 6.87. The molecule has 1 aliphatic rings. The molecule has 0 aromatic carbocycles. The lowest BCUT2D eigenvalue weighted by Crippen LogP contribution is -2.37. The molecule has 0 radical (unpaired) electrons. The largest absolute Gasteiger partial charge is 0.444 e. The molecule has 1 saturated carbocycles. The van der Waals surface area contributed by atoms with Crippen LogP contribution in [-0.2, 0) is 9.53 Å². The van der Waals surface area contributed by atoms with Crippen LogP contribution in [0.25, 0.3) is 0 Å². The van der Waals surface area contributed by atoms with Crippen molar-refractivity contribution >= 4 is 12.0 Å². The standard InChI is InChI=1S/C29H56N2O3/c1-25-24-26(25)20-18-16-14-12-10-8-6-5-7-9-11-13-15-17-19-21-27(32)30-22-23-31-28(33)34-29(2,3)4/h25-26H,5-24H2,1-4H3,(H,30,32)(H,31,33)/t25?,26-/m0/s1. The predicted molar refractivity (Wildman–Crippen MR) is 143 cm³/mol. The van der Waals surface area contributed by atoms with Crippen LogP contribution in [0.1, 0.15) is 143 Å². The van der Waals surface area contributed by atoms with Gasteiger partial charge in [-0.25, -0.2) is 4.79 Å². The summed E-state index contributed by atoms with van der Waals surface area (Å²) in [5.74, 6) is 2.19. The first kappa shape index (κ1) is 30.8. The summed E-state index contributed by atoms with van der Waals surface area (Å²) < 4.78 is 5.15. The van der Waals surface area contributed by atoms with Crippen molar-refractivity contribution in [3.63, 3.8) is 0 Å². The molecular weight excluding hydrogens is 424 g/mol. The van der Waals surface area contributed by atoms with E-state index in [9.17, 15) is 9.59 Å². The molecule has 2 N–H and O–H groups in total. The highest BCUT2D eigenvalue weighted by Gasteiger charge is 2.31. The Bertz CT molecular complexity index is 530. The normalized spacial score (nSPS) is 17.4. The number of amides is 2. The molecule has 0 aliphatic heterocycles. The SMILES string of the molecule is CC1C[C@@H]1CCCCCCCCCCCCCCCCCC(=O)NCCNC(=O)OC(C)(C)C. The maximum Gasteiger partial charge on any atom is 0.407 e. The molecule has 0 aromatic heterocycles. The lowest BCUT2D eigenvalue weighted by atomic mass is 10.0. The molecule has 0 heterocycles. The van der Waals surface area contributed by atoms with Gasteiger partial charge in [-0.15, -0.1) is 0 Å². The fourth-order valence-electron chi connectivity index (χ4n) is 4.56. The van der Waals surface area contributed by atoms with Gasteiger partial charge >= 0.3 is 6.09 Å². The van der Waals surface area contributed by atoms with Crippen LogP contribution in [0.5, 0.6) is 0 Å². The molecular formula is C29H56N2O3. The number of ether oxygens (including phenoxy) is 1. The summed E-state index contributed by atoms with van der Waals surface area (Å²) in [6.45, 7) is 8.71. The van der Waals surface area contributed by atoms with Crippen LogP contribution < -0.4 is 10.6 Å². The van der Waals surface area contributed by atoms with E-state index in [0.717, 1.165) is 24.7 Å². The second-order valence-corrected chi connectivity index (χ2v) is 11.6. The average molecular weight is 481 g/mol. The number of rotatable bonds is 21. The molecule has 34 heavy (non-hydrogen) atoms. The van der Waals surface area contributed by atoms with Crippen LogP contribution in [0.3, 0.4) is 0 Å². The Labute approximate surface area is 210 Å². The second-order valence-electron chi connectivity index (χ2n) is 11.6. The number of alkyl carbamates (subject to hydrolysis) is 1. The number of hydrogen-bond donors (Lipinski definition) is 2. The van der Waals surface area contributed by atoms with Crippen molar-refractivity contribution in [2.45, 2.75) is 149 Å². The fraction of sp³-hybridized carbons (Fsp3) is 0.931. The van der Waals surface area contributed by atoms with Crippen molar-refractivity contribution in [1.29, 1.82) is 0 Å². The van der Waals surface area contributed by atoms with E-state index < -0.39 is 11.7 Å². The molecule has 1 unspecified atom stereocenters. The predicted octanol–water partition coefficient (Wildman–Crippen LogP) is 7.92. The number of hydrogen-bond acceptors (Lipinski definition) is 3. The van der Waals surface area contributed by atoms with Crippen LogP contribution >= 0.6 is 0 Å². The van der Waals surface area contributed by atoms with Gasteiger partial charge in [-0.3, -0.25) is 4.79 Å². The maximum absolute atomic E-state index is 11.8. The average Bonchev–Trinajstić information content (AvgIpc) is 3.47. The van der Waals surface area contributed by atoms with Crippen molar-refractivity contribution in [3.8, 4) is 0 Å². The summed E-state index contributed by atoms with van der Waals surface area (Å²) in [4.78, 5) is 23.4. The van der Waals surface area contributed by atoms with Crippen molar-refractivity contribution in [2.75, 3.05) is 13.1 Å². The minimum Gasteiger partial charge on any atom is -0.444 e. The van der Waals surface area contributed by atoms with Crippen molar-refractivity contribution in [1.82, 2.24) is 10.6 Å².